The zero-order valence-electron chi connectivity index (χ0n) is 15.5. The van der Waals surface area contributed by atoms with Crippen molar-refractivity contribution in [1.82, 2.24) is 5.32 Å². The van der Waals surface area contributed by atoms with Crippen molar-refractivity contribution in [1.29, 1.82) is 0 Å². The molecule has 138 valence electrons. The van der Waals surface area contributed by atoms with Crippen LogP contribution < -0.4 is 20.1 Å². The molecule has 0 bridgehead atoms. The number of nitrogens with one attached hydrogen (secondary N) is 2. The molecule has 5 heteroatoms. The van der Waals surface area contributed by atoms with E-state index in [0.717, 1.165) is 6.42 Å². The molecule has 0 fully saturated rings. The van der Waals surface area contributed by atoms with E-state index in [9.17, 15) is 4.79 Å². The van der Waals surface area contributed by atoms with Crippen molar-refractivity contribution in [3.8, 4) is 11.5 Å². The first-order valence-electron chi connectivity index (χ1n) is 9.12. The second-order valence-electron chi connectivity index (χ2n) is 6.55. The van der Waals surface area contributed by atoms with Gasteiger partial charge >= 0.3 is 0 Å². The molecule has 2 atom stereocenters. The number of carbonyl (C=O) groups excluding carboxylic acids is 1. The maximum Gasteiger partial charge on any atom is 0.241 e. The number of ether oxygens (including phenoxy) is 2. The average Bonchev–Trinajstić information content (AvgIpc) is 2.67. The van der Waals surface area contributed by atoms with Gasteiger partial charge in [0, 0.05) is 17.8 Å². The molecule has 1 aliphatic rings. The van der Waals surface area contributed by atoms with E-state index in [1.807, 2.05) is 19.1 Å². The first-order valence-corrected chi connectivity index (χ1v) is 9.12. The SMILES string of the molecule is CCc1ccc(C(C)NC(C)C(=O)Nc2ccc3c(c2)OCCO3)cc1. The number of aryl methyl sites for hydroxylation is 1. The van der Waals surface area contributed by atoms with Gasteiger partial charge < -0.3 is 14.8 Å². The molecular weight excluding hydrogens is 328 g/mol. The lowest BCUT2D eigenvalue weighted by Gasteiger charge is -2.21. The van der Waals surface area contributed by atoms with Gasteiger partial charge in [0.15, 0.2) is 11.5 Å². The molecule has 2 unspecified atom stereocenters. The summed E-state index contributed by atoms with van der Waals surface area (Å²) in [5, 5.41) is 6.28. The van der Waals surface area contributed by atoms with Gasteiger partial charge in [-0.15, -0.1) is 0 Å². The van der Waals surface area contributed by atoms with Crippen molar-refractivity contribution in [2.75, 3.05) is 18.5 Å². The molecule has 1 amide bonds. The Morgan fingerprint density at radius 1 is 1.04 bits per heavy atom. The predicted octanol–water partition coefficient (Wildman–Crippen LogP) is 3.70. The van der Waals surface area contributed by atoms with E-state index >= 15 is 0 Å². The maximum absolute atomic E-state index is 12.5. The number of carbonyl (C=O) groups is 1. The van der Waals surface area contributed by atoms with E-state index in [2.05, 4.69) is 48.7 Å². The van der Waals surface area contributed by atoms with Crippen LogP contribution in [0.2, 0.25) is 0 Å². The summed E-state index contributed by atoms with van der Waals surface area (Å²) in [6, 6.07) is 13.7. The van der Waals surface area contributed by atoms with Crippen molar-refractivity contribution in [2.24, 2.45) is 0 Å². The third-order valence-corrected chi connectivity index (χ3v) is 4.59. The highest BCUT2D eigenvalue weighted by molar-refractivity contribution is 5.94. The Labute approximate surface area is 154 Å². The quantitative estimate of drug-likeness (QED) is 0.830. The molecule has 0 aromatic heterocycles. The summed E-state index contributed by atoms with van der Waals surface area (Å²) < 4.78 is 11.1. The number of amides is 1. The molecule has 26 heavy (non-hydrogen) atoms. The zero-order chi connectivity index (χ0) is 18.5. The number of hydrogen-bond donors (Lipinski definition) is 2. The van der Waals surface area contributed by atoms with Gasteiger partial charge in [-0.3, -0.25) is 10.1 Å². The van der Waals surface area contributed by atoms with Crippen LogP contribution in [0.1, 0.15) is 37.9 Å². The third-order valence-electron chi connectivity index (χ3n) is 4.59. The van der Waals surface area contributed by atoms with Crippen LogP contribution >= 0.6 is 0 Å². The summed E-state index contributed by atoms with van der Waals surface area (Å²) in [4.78, 5) is 12.5. The van der Waals surface area contributed by atoms with Gasteiger partial charge in [0.2, 0.25) is 5.91 Å². The smallest absolute Gasteiger partial charge is 0.241 e. The topological polar surface area (TPSA) is 59.6 Å². The Hall–Kier alpha value is -2.53. The number of hydrogen-bond acceptors (Lipinski definition) is 4. The number of anilines is 1. The van der Waals surface area contributed by atoms with Crippen LogP contribution in [0.3, 0.4) is 0 Å². The fraction of sp³-hybridized carbons (Fsp3) is 0.381. The molecule has 0 aliphatic carbocycles. The van der Waals surface area contributed by atoms with Crippen molar-refractivity contribution in [3.05, 3.63) is 53.6 Å². The minimum Gasteiger partial charge on any atom is -0.486 e. The molecule has 0 spiro atoms. The van der Waals surface area contributed by atoms with Gasteiger partial charge in [0.25, 0.3) is 0 Å². The van der Waals surface area contributed by atoms with Crippen molar-refractivity contribution in [2.45, 2.75) is 39.3 Å². The third kappa shape index (κ3) is 4.35. The van der Waals surface area contributed by atoms with Gasteiger partial charge in [-0.2, -0.15) is 0 Å². The molecular formula is C21H26N2O3. The molecule has 1 heterocycles. The van der Waals surface area contributed by atoms with Gasteiger partial charge in [0.05, 0.1) is 6.04 Å². The van der Waals surface area contributed by atoms with Crippen LogP contribution in [0.15, 0.2) is 42.5 Å². The monoisotopic (exact) mass is 354 g/mol. The summed E-state index contributed by atoms with van der Waals surface area (Å²) in [7, 11) is 0. The molecule has 5 nitrogen and oxygen atoms in total. The van der Waals surface area contributed by atoms with Crippen LogP contribution in [-0.4, -0.2) is 25.2 Å². The predicted molar refractivity (Wildman–Crippen MR) is 103 cm³/mol. The molecule has 1 aliphatic heterocycles. The number of rotatable bonds is 6. The minimum atomic E-state index is -0.330. The van der Waals surface area contributed by atoms with Crippen LogP contribution in [0, 0.1) is 0 Å². The van der Waals surface area contributed by atoms with E-state index in [4.69, 9.17) is 9.47 Å². The standard InChI is InChI=1S/C21H26N2O3/c1-4-16-5-7-17(8-6-16)14(2)22-15(3)21(24)23-18-9-10-19-20(13-18)26-12-11-25-19/h5-10,13-15,22H,4,11-12H2,1-3H3,(H,23,24). The fourth-order valence-corrected chi connectivity index (χ4v) is 2.96. The summed E-state index contributed by atoms with van der Waals surface area (Å²) >= 11 is 0. The first kappa shape index (κ1) is 18.3. The first-order chi connectivity index (χ1) is 12.6. The Balaban J connectivity index is 1.58. The molecule has 0 radical (unpaired) electrons. The second-order valence-corrected chi connectivity index (χ2v) is 6.55. The van der Waals surface area contributed by atoms with Gasteiger partial charge in [-0.25, -0.2) is 0 Å². The molecule has 2 aromatic rings. The van der Waals surface area contributed by atoms with Gasteiger partial charge in [-0.1, -0.05) is 31.2 Å². The van der Waals surface area contributed by atoms with Crippen LogP contribution in [-0.2, 0) is 11.2 Å². The Morgan fingerprint density at radius 3 is 2.42 bits per heavy atom. The summed E-state index contributed by atoms with van der Waals surface area (Å²) in [5.74, 6) is 1.29. The normalized spacial score (nSPS) is 15.2. The number of fused-ring (bicyclic) bond motifs is 1. The highest BCUT2D eigenvalue weighted by atomic mass is 16.6. The van der Waals surface area contributed by atoms with E-state index < -0.39 is 0 Å². The van der Waals surface area contributed by atoms with Gasteiger partial charge in [-0.05, 0) is 43.5 Å². The molecule has 2 N–H and O–H groups in total. The minimum absolute atomic E-state index is 0.0845. The zero-order valence-corrected chi connectivity index (χ0v) is 15.5. The largest absolute Gasteiger partial charge is 0.486 e. The van der Waals surface area contributed by atoms with Crippen molar-refractivity contribution >= 4 is 11.6 Å². The highest BCUT2D eigenvalue weighted by Gasteiger charge is 2.18. The average molecular weight is 354 g/mol. The van der Waals surface area contributed by atoms with Crippen LogP contribution in [0.4, 0.5) is 5.69 Å². The van der Waals surface area contributed by atoms with E-state index in [0.29, 0.717) is 30.4 Å². The summed E-state index contributed by atoms with van der Waals surface area (Å²) in [5.41, 5.74) is 3.18. The number of benzene rings is 2. The van der Waals surface area contributed by atoms with Crippen LogP contribution in [0.25, 0.3) is 0 Å². The van der Waals surface area contributed by atoms with Crippen LogP contribution in [0.5, 0.6) is 11.5 Å². The fourth-order valence-electron chi connectivity index (χ4n) is 2.96. The Kier molecular flexibility index (Phi) is 5.78. The lowest BCUT2D eigenvalue weighted by Crippen LogP contribution is -2.39. The van der Waals surface area contributed by atoms with Gasteiger partial charge in [0.1, 0.15) is 13.2 Å². The van der Waals surface area contributed by atoms with Crippen molar-refractivity contribution < 1.29 is 14.3 Å². The summed E-state index contributed by atoms with van der Waals surface area (Å²) in [6.45, 7) is 7.15. The second kappa shape index (κ2) is 8.23. The maximum atomic E-state index is 12.5. The molecule has 0 saturated carbocycles. The van der Waals surface area contributed by atoms with E-state index in [-0.39, 0.29) is 18.0 Å². The highest BCUT2D eigenvalue weighted by Crippen LogP contribution is 2.32. The summed E-state index contributed by atoms with van der Waals surface area (Å²) in [6.07, 6.45) is 1.02. The molecule has 0 saturated heterocycles. The van der Waals surface area contributed by atoms with E-state index in [1.54, 1.807) is 6.07 Å². The van der Waals surface area contributed by atoms with Crippen molar-refractivity contribution in [3.63, 3.8) is 0 Å². The molecule has 2 aromatic carbocycles. The lowest BCUT2D eigenvalue weighted by molar-refractivity contribution is -0.117. The van der Waals surface area contributed by atoms with E-state index in [1.165, 1.54) is 11.1 Å². The molecule has 3 rings (SSSR count). The lowest BCUT2D eigenvalue weighted by atomic mass is 10.0. The Morgan fingerprint density at radius 2 is 1.73 bits per heavy atom. The Bertz CT molecular complexity index is 758.